The maximum Gasteiger partial charge on any atom is 0.293 e. The Morgan fingerprint density at radius 2 is 1.77 bits per heavy atom. The number of nitro benzene ring substituents is 1. The average Bonchev–Trinajstić information content (AvgIpc) is 3.04. The van der Waals surface area contributed by atoms with Crippen molar-refractivity contribution in [3.63, 3.8) is 0 Å². The van der Waals surface area contributed by atoms with E-state index >= 15 is 0 Å². The Morgan fingerprint density at radius 1 is 1.03 bits per heavy atom. The third kappa shape index (κ3) is 6.56. The number of nitrogens with zero attached hydrogens (tertiary/aromatic N) is 2. The first-order valence-electron chi connectivity index (χ1n) is 10.7. The average molecular weight is 411 g/mol. The third-order valence-corrected chi connectivity index (χ3v) is 5.42. The summed E-state index contributed by atoms with van der Waals surface area (Å²) in [4.78, 5) is 25.9. The molecule has 160 valence electrons. The van der Waals surface area contributed by atoms with Crippen LogP contribution in [-0.2, 0) is 6.54 Å². The number of carbonyl (C=O) groups is 1. The number of hydrogen-bond acceptors (Lipinski definition) is 5. The van der Waals surface area contributed by atoms with Gasteiger partial charge in [-0.1, -0.05) is 43.2 Å². The molecular weight excluding hydrogens is 380 g/mol. The van der Waals surface area contributed by atoms with Crippen LogP contribution < -0.4 is 10.6 Å². The Balaban J connectivity index is 1.52. The predicted molar refractivity (Wildman–Crippen MR) is 119 cm³/mol. The molecule has 0 aliphatic carbocycles. The minimum absolute atomic E-state index is 0.0943. The molecule has 1 aliphatic heterocycles. The first-order valence-corrected chi connectivity index (χ1v) is 10.7. The summed E-state index contributed by atoms with van der Waals surface area (Å²) in [7, 11) is 0. The third-order valence-electron chi connectivity index (χ3n) is 5.42. The summed E-state index contributed by atoms with van der Waals surface area (Å²) in [5, 5.41) is 17.5. The Hall–Kier alpha value is -2.93. The van der Waals surface area contributed by atoms with Crippen LogP contribution in [0.4, 0.5) is 11.4 Å². The molecule has 1 amide bonds. The van der Waals surface area contributed by atoms with Crippen molar-refractivity contribution in [2.45, 2.75) is 38.6 Å². The van der Waals surface area contributed by atoms with E-state index in [0.717, 1.165) is 31.6 Å². The van der Waals surface area contributed by atoms with Crippen molar-refractivity contribution in [2.24, 2.45) is 0 Å². The lowest BCUT2D eigenvalue weighted by Crippen LogP contribution is -2.30. The quantitative estimate of drug-likeness (QED) is 0.367. The number of likely N-dealkylation sites (tertiary alicyclic amines) is 1. The summed E-state index contributed by atoms with van der Waals surface area (Å²) in [6.45, 7) is 4.29. The van der Waals surface area contributed by atoms with E-state index in [9.17, 15) is 14.9 Å². The number of nitro groups is 1. The Bertz CT molecular complexity index is 834. The van der Waals surface area contributed by atoms with Crippen LogP contribution in [0, 0.1) is 10.1 Å². The van der Waals surface area contributed by atoms with E-state index in [1.54, 1.807) is 12.1 Å². The smallest absolute Gasteiger partial charge is 0.293 e. The van der Waals surface area contributed by atoms with Crippen LogP contribution in [0.2, 0.25) is 0 Å². The van der Waals surface area contributed by atoms with Crippen molar-refractivity contribution in [1.82, 2.24) is 10.2 Å². The van der Waals surface area contributed by atoms with Crippen LogP contribution in [0.15, 0.2) is 48.5 Å². The summed E-state index contributed by atoms with van der Waals surface area (Å²) in [6, 6.07) is 14.2. The van der Waals surface area contributed by atoms with E-state index < -0.39 is 4.92 Å². The van der Waals surface area contributed by atoms with Gasteiger partial charge in [0.1, 0.15) is 5.69 Å². The fourth-order valence-corrected chi connectivity index (χ4v) is 3.73. The number of hydrogen-bond donors (Lipinski definition) is 2. The second-order valence-corrected chi connectivity index (χ2v) is 7.69. The molecule has 1 heterocycles. The van der Waals surface area contributed by atoms with Crippen LogP contribution in [0.5, 0.6) is 0 Å². The summed E-state index contributed by atoms with van der Waals surface area (Å²) in [6.07, 6.45) is 6.00. The van der Waals surface area contributed by atoms with Gasteiger partial charge < -0.3 is 15.5 Å². The minimum atomic E-state index is -0.455. The topological polar surface area (TPSA) is 87.5 Å². The highest BCUT2D eigenvalue weighted by Gasteiger charge is 2.17. The van der Waals surface area contributed by atoms with Crippen molar-refractivity contribution in [3.05, 3.63) is 69.8 Å². The molecule has 0 bridgehead atoms. The number of amides is 1. The Kier molecular flexibility index (Phi) is 8.20. The molecule has 0 spiro atoms. The van der Waals surface area contributed by atoms with Crippen LogP contribution in [-0.4, -0.2) is 41.9 Å². The monoisotopic (exact) mass is 410 g/mol. The van der Waals surface area contributed by atoms with Gasteiger partial charge in [0.05, 0.1) is 4.92 Å². The minimum Gasteiger partial charge on any atom is -0.375 e. The lowest BCUT2D eigenvalue weighted by Gasteiger charge is -2.19. The number of anilines is 1. The summed E-state index contributed by atoms with van der Waals surface area (Å²) in [5.41, 5.74) is 1.64. The number of carbonyl (C=O) groups excluding carboxylic acids is 1. The molecule has 2 aromatic rings. The van der Waals surface area contributed by atoms with Crippen molar-refractivity contribution in [1.29, 1.82) is 0 Å². The molecule has 30 heavy (non-hydrogen) atoms. The number of benzene rings is 2. The fraction of sp³-hybridized carbons (Fsp3) is 0.435. The second-order valence-electron chi connectivity index (χ2n) is 7.69. The highest BCUT2D eigenvalue weighted by Crippen LogP contribution is 2.26. The van der Waals surface area contributed by atoms with E-state index in [1.165, 1.54) is 31.7 Å². The lowest BCUT2D eigenvalue weighted by atomic mass is 10.1. The molecule has 1 fully saturated rings. The molecule has 0 aromatic heterocycles. The second kappa shape index (κ2) is 11.3. The SMILES string of the molecule is O=C(NCCCN1CCCCCC1)c1ccc(NCc2ccccc2)c([N+](=O)[O-])c1. The molecule has 7 nitrogen and oxygen atoms in total. The highest BCUT2D eigenvalue weighted by molar-refractivity contribution is 5.95. The molecule has 1 aliphatic rings. The summed E-state index contributed by atoms with van der Waals surface area (Å²) in [5.74, 6) is -0.274. The van der Waals surface area contributed by atoms with Crippen molar-refractivity contribution in [3.8, 4) is 0 Å². The zero-order valence-corrected chi connectivity index (χ0v) is 17.3. The highest BCUT2D eigenvalue weighted by atomic mass is 16.6. The molecule has 3 rings (SSSR count). The van der Waals surface area contributed by atoms with Gasteiger partial charge in [-0.25, -0.2) is 0 Å². The van der Waals surface area contributed by atoms with E-state index in [2.05, 4.69) is 15.5 Å². The zero-order valence-electron chi connectivity index (χ0n) is 17.3. The van der Waals surface area contributed by atoms with E-state index in [4.69, 9.17) is 0 Å². The molecule has 0 unspecified atom stereocenters. The molecular formula is C23H30N4O3. The summed E-state index contributed by atoms with van der Waals surface area (Å²) >= 11 is 0. The molecule has 0 atom stereocenters. The molecule has 1 saturated heterocycles. The van der Waals surface area contributed by atoms with Gasteiger partial charge in [0.2, 0.25) is 0 Å². The van der Waals surface area contributed by atoms with Gasteiger partial charge >= 0.3 is 0 Å². The van der Waals surface area contributed by atoms with Gasteiger partial charge in [0.15, 0.2) is 0 Å². The largest absolute Gasteiger partial charge is 0.375 e. The standard InChI is InChI=1S/C23H30N4O3/c28-23(24-13-8-16-26-14-6-1-2-7-15-26)20-11-12-21(22(17-20)27(29)30)25-18-19-9-4-3-5-10-19/h3-5,9-12,17,25H,1-2,6-8,13-16,18H2,(H,24,28). The van der Waals surface area contributed by atoms with E-state index in [-0.39, 0.29) is 11.6 Å². The van der Waals surface area contributed by atoms with Crippen molar-refractivity contribution < 1.29 is 9.72 Å². The normalized spacial score (nSPS) is 14.7. The first-order chi connectivity index (χ1) is 14.6. The molecule has 7 heteroatoms. The van der Waals surface area contributed by atoms with Crippen LogP contribution in [0.3, 0.4) is 0 Å². The van der Waals surface area contributed by atoms with Crippen LogP contribution >= 0.6 is 0 Å². The summed E-state index contributed by atoms with van der Waals surface area (Å²) < 4.78 is 0. The maximum absolute atomic E-state index is 12.4. The Labute approximate surface area is 177 Å². The van der Waals surface area contributed by atoms with E-state index in [0.29, 0.717) is 24.3 Å². The zero-order chi connectivity index (χ0) is 21.2. The van der Waals surface area contributed by atoms with Crippen molar-refractivity contribution >= 4 is 17.3 Å². The Morgan fingerprint density at radius 3 is 2.47 bits per heavy atom. The van der Waals surface area contributed by atoms with Gasteiger partial charge in [0, 0.05) is 24.7 Å². The molecule has 2 aromatic carbocycles. The lowest BCUT2D eigenvalue weighted by molar-refractivity contribution is -0.384. The van der Waals surface area contributed by atoms with Gasteiger partial charge in [-0.3, -0.25) is 14.9 Å². The first kappa shape index (κ1) is 21.8. The van der Waals surface area contributed by atoms with E-state index in [1.807, 2.05) is 30.3 Å². The van der Waals surface area contributed by atoms with Crippen molar-refractivity contribution in [2.75, 3.05) is 31.5 Å². The fourth-order valence-electron chi connectivity index (χ4n) is 3.73. The van der Waals surface area contributed by atoms with Crippen LogP contribution in [0.25, 0.3) is 0 Å². The van der Waals surface area contributed by atoms with Gasteiger partial charge in [-0.05, 0) is 56.6 Å². The maximum atomic E-state index is 12.4. The molecule has 0 saturated carbocycles. The van der Waals surface area contributed by atoms with Gasteiger partial charge in [0.25, 0.3) is 11.6 Å². The number of rotatable bonds is 9. The van der Waals surface area contributed by atoms with Gasteiger partial charge in [-0.2, -0.15) is 0 Å². The molecule has 2 N–H and O–H groups in total. The predicted octanol–water partition coefficient (Wildman–Crippen LogP) is 4.20. The molecule has 0 radical (unpaired) electrons. The number of nitrogens with one attached hydrogen (secondary N) is 2. The van der Waals surface area contributed by atoms with Gasteiger partial charge in [-0.15, -0.1) is 0 Å². The van der Waals surface area contributed by atoms with Crippen LogP contribution in [0.1, 0.15) is 48.0 Å².